The monoisotopic (exact) mass is 497 g/mol. The summed E-state index contributed by atoms with van der Waals surface area (Å²) in [5, 5.41) is 11.3. The summed E-state index contributed by atoms with van der Waals surface area (Å²) in [6, 6.07) is 14.3. The third-order valence-electron chi connectivity index (χ3n) is 5.92. The average molecular weight is 497 g/mol. The molecule has 1 N–H and O–H groups in total. The third-order valence-corrected chi connectivity index (χ3v) is 5.92. The number of rotatable bonds is 5. The van der Waals surface area contributed by atoms with Gasteiger partial charge in [-0.1, -0.05) is 29.8 Å². The molecule has 36 heavy (non-hydrogen) atoms. The molecule has 6 nitrogen and oxygen atoms in total. The van der Waals surface area contributed by atoms with Crippen LogP contribution >= 0.6 is 0 Å². The molecule has 1 atom stereocenters. The van der Waals surface area contributed by atoms with Gasteiger partial charge in [-0.05, 0) is 55.0 Å². The fourth-order valence-electron chi connectivity index (χ4n) is 4.21. The molecule has 1 heterocycles. The Morgan fingerprint density at radius 1 is 0.944 bits per heavy atom. The van der Waals surface area contributed by atoms with E-state index in [9.17, 15) is 27.9 Å². The van der Waals surface area contributed by atoms with Crippen molar-refractivity contribution < 1.29 is 37.3 Å². The molecule has 3 aromatic carbocycles. The molecule has 1 saturated heterocycles. The smallest absolute Gasteiger partial charge is 0.416 e. The van der Waals surface area contributed by atoms with Crippen LogP contribution in [0.5, 0.6) is 11.5 Å². The van der Waals surface area contributed by atoms with Gasteiger partial charge in [-0.2, -0.15) is 13.2 Å². The van der Waals surface area contributed by atoms with E-state index in [-0.39, 0.29) is 22.6 Å². The van der Waals surface area contributed by atoms with Gasteiger partial charge < -0.3 is 14.6 Å². The lowest BCUT2D eigenvalue weighted by molar-refractivity contribution is -0.137. The van der Waals surface area contributed by atoms with Gasteiger partial charge in [0, 0.05) is 5.69 Å². The maximum atomic E-state index is 13.4. The highest BCUT2D eigenvalue weighted by atomic mass is 19.4. The number of Topliss-reactive ketones (excluding diaryl/α,β-unsaturated/α-hetero) is 1. The first-order valence-electron chi connectivity index (χ1n) is 10.8. The van der Waals surface area contributed by atoms with E-state index in [2.05, 4.69) is 0 Å². The van der Waals surface area contributed by atoms with E-state index in [1.807, 2.05) is 0 Å². The zero-order chi connectivity index (χ0) is 26.2. The zero-order valence-electron chi connectivity index (χ0n) is 19.6. The van der Waals surface area contributed by atoms with Crippen molar-refractivity contribution >= 4 is 23.1 Å². The van der Waals surface area contributed by atoms with Crippen molar-refractivity contribution in [3.8, 4) is 11.5 Å². The summed E-state index contributed by atoms with van der Waals surface area (Å²) in [5.41, 5.74) is -0.120. The summed E-state index contributed by atoms with van der Waals surface area (Å²) < 4.78 is 50.9. The number of carbonyl (C=O) groups excluding carboxylic acids is 2. The SMILES string of the molecule is COc1cccc(C2/C(=C(\O)c3cc(C)ccc3OC)C(=O)C(=O)N2c2cccc(C(F)(F)F)c2)c1. The van der Waals surface area contributed by atoms with Crippen molar-refractivity contribution in [2.75, 3.05) is 19.1 Å². The number of aryl methyl sites for hydroxylation is 1. The fourth-order valence-corrected chi connectivity index (χ4v) is 4.21. The van der Waals surface area contributed by atoms with E-state index < -0.39 is 35.2 Å². The van der Waals surface area contributed by atoms with Crippen molar-refractivity contribution in [1.82, 2.24) is 0 Å². The summed E-state index contributed by atoms with van der Waals surface area (Å²) in [7, 11) is 2.82. The topological polar surface area (TPSA) is 76.1 Å². The molecule has 1 unspecified atom stereocenters. The molecular weight excluding hydrogens is 475 g/mol. The molecule has 0 bridgehead atoms. The van der Waals surface area contributed by atoms with Gasteiger partial charge in [-0.25, -0.2) is 0 Å². The number of methoxy groups -OCH3 is 2. The third kappa shape index (κ3) is 4.39. The van der Waals surface area contributed by atoms with Crippen LogP contribution in [0.3, 0.4) is 0 Å². The molecule has 186 valence electrons. The molecule has 0 aromatic heterocycles. The first-order chi connectivity index (χ1) is 17.1. The van der Waals surface area contributed by atoms with Crippen molar-refractivity contribution in [2.24, 2.45) is 0 Å². The predicted octanol–water partition coefficient (Wildman–Crippen LogP) is 5.66. The molecule has 1 aliphatic heterocycles. The minimum atomic E-state index is -4.66. The number of alkyl halides is 3. The number of ketones is 1. The van der Waals surface area contributed by atoms with Gasteiger partial charge in [0.25, 0.3) is 11.7 Å². The van der Waals surface area contributed by atoms with Crippen LogP contribution in [-0.4, -0.2) is 31.0 Å². The van der Waals surface area contributed by atoms with Gasteiger partial charge in [-0.3, -0.25) is 14.5 Å². The second kappa shape index (κ2) is 9.41. The number of hydrogen-bond acceptors (Lipinski definition) is 5. The lowest BCUT2D eigenvalue weighted by Crippen LogP contribution is -2.29. The molecule has 0 spiro atoms. The number of aliphatic hydroxyl groups excluding tert-OH is 1. The number of amides is 1. The van der Waals surface area contributed by atoms with E-state index >= 15 is 0 Å². The van der Waals surface area contributed by atoms with E-state index in [0.717, 1.165) is 28.7 Å². The maximum absolute atomic E-state index is 13.4. The largest absolute Gasteiger partial charge is 0.507 e. The Balaban J connectivity index is 2.00. The Morgan fingerprint density at radius 2 is 1.67 bits per heavy atom. The lowest BCUT2D eigenvalue weighted by atomic mass is 9.94. The van der Waals surface area contributed by atoms with Crippen LogP contribution in [0.15, 0.2) is 72.3 Å². The van der Waals surface area contributed by atoms with Gasteiger partial charge in [0.05, 0.1) is 37.0 Å². The molecular formula is C27H22F3NO5. The molecule has 0 radical (unpaired) electrons. The van der Waals surface area contributed by atoms with Crippen molar-refractivity contribution in [2.45, 2.75) is 19.1 Å². The molecule has 0 saturated carbocycles. The number of benzene rings is 3. The molecule has 1 amide bonds. The van der Waals surface area contributed by atoms with E-state index in [0.29, 0.717) is 11.3 Å². The maximum Gasteiger partial charge on any atom is 0.416 e. The van der Waals surface area contributed by atoms with Crippen molar-refractivity contribution in [3.05, 3.63) is 94.6 Å². The number of hydrogen-bond donors (Lipinski definition) is 1. The Kier molecular flexibility index (Phi) is 6.49. The molecule has 4 rings (SSSR count). The number of nitrogens with zero attached hydrogens (tertiary/aromatic N) is 1. The zero-order valence-corrected chi connectivity index (χ0v) is 19.6. The van der Waals surface area contributed by atoms with E-state index in [1.165, 1.54) is 20.3 Å². The van der Waals surface area contributed by atoms with Crippen LogP contribution in [0, 0.1) is 6.92 Å². The quantitative estimate of drug-likeness (QED) is 0.280. The minimum absolute atomic E-state index is 0.144. The van der Waals surface area contributed by atoms with Gasteiger partial charge in [0.1, 0.15) is 17.3 Å². The van der Waals surface area contributed by atoms with Crippen molar-refractivity contribution in [1.29, 1.82) is 0 Å². The van der Waals surface area contributed by atoms with Crippen LogP contribution in [0.4, 0.5) is 18.9 Å². The Labute approximate surface area is 205 Å². The molecule has 3 aromatic rings. The van der Waals surface area contributed by atoms with Crippen LogP contribution in [0.1, 0.15) is 28.3 Å². The summed E-state index contributed by atoms with van der Waals surface area (Å²) >= 11 is 0. The molecule has 1 aliphatic rings. The number of halogens is 3. The highest BCUT2D eigenvalue weighted by Gasteiger charge is 2.47. The van der Waals surface area contributed by atoms with Crippen molar-refractivity contribution in [3.63, 3.8) is 0 Å². The summed E-state index contributed by atoms with van der Waals surface area (Å²) in [6.45, 7) is 1.77. The summed E-state index contributed by atoms with van der Waals surface area (Å²) in [4.78, 5) is 27.5. The Hall–Kier alpha value is -4.27. The number of anilines is 1. The number of ether oxygens (including phenoxy) is 2. The first-order valence-corrected chi connectivity index (χ1v) is 10.8. The van der Waals surface area contributed by atoms with Gasteiger partial charge in [-0.15, -0.1) is 0 Å². The normalized spacial score (nSPS) is 17.4. The lowest BCUT2D eigenvalue weighted by Gasteiger charge is -2.26. The highest BCUT2D eigenvalue weighted by molar-refractivity contribution is 6.51. The predicted molar refractivity (Wildman–Crippen MR) is 127 cm³/mol. The second-order valence-corrected chi connectivity index (χ2v) is 8.20. The van der Waals surface area contributed by atoms with Gasteiger partial charge in [0.15, 0.2) is 0 Å². The Morgan fingerprint density at radius 3 is 2.33 bits per heavy atom. The number of carbonyl (C=O) groups is 2. The first kappa shape index (κ1) is 24.8. The van der Waals surface area contributed by atoms with Crippen LogP contribution < -0.4 is 14.4 Å². The number of aliphatic hydroxyl groups is 1. The standard InChI is InChI=1S/C27H22F3NO5/c1-15-10-11-21(36-3)20(12-15)24(32)22-23(16-6-4-9-19(13-16)35-2)31(26(34)25(22)33)18-8-5-7-17(14-18)27(28,29)30/h4-14,23,32H,1-3H3/b24-22+. The van der Waals surface area contributed by atoms with Crippen LogP contribution in [0.25, 0.3) is 5.76 Å². The average Bonchev–Trinajstić information content (AvgIpc) is 3.13. The van der Waals surface area contributed by atoms with Crippen LogP contribution in [0.2, 0.25) is 0 Å². The molecule has 0 aliphatic carbocycles. The minimum Gasteiger partial charge on any atom is -0.507 e. The molecule has 9 heteroatoms. The summed E-state index contributed by atoms with van der Waals surface area (Å²) in [6.07, 6.45) is -4.66. The van der Waals surface area contributed by atoms with E-state index in [4.69, 9.17) is 9.47 Å². The van der Waals surface area contributed by atoms with Crippen LogP contribution in [-0.2, 0) is 15.8 Å². The van der Waals surface area contributed by atoms with E-state index in [1.54, 1.807) is 49.4 Å². The highest BCUT2D eigenvalue weighted by Crippen LogP contribution is 2.45. The molecule has 1 fully saturated rings. The Bertz CT molecular complexity index is 1380. The fraction of sp³-hybridized carbons (Fsp3) is 0.185. The van der Waals surface area contributed by atoms with Gasteiger partial charge in [0.2, 0.25) is 0 Å². The van der Waals surface area contributed by atoms with Gasteiger partial charge >= 0.3 is 6.18 Å². The second-order valence-electron chi connectivity index (χ2n) is 8.20. The summed E-state index contributed by atoms with van der Waals surface area (Å²) in [5.74, 6) is -1.96.